The summed E-state index contributed by atoms with van der Waals surface area (Å²) in [5, 5.41) is 12.1. The van der Waals surface area contributed by atoms with Crippen molar-refractivity contribution in [2.75, 3.05) is 19.4 Å². The molecule has 1 rings (SSSR count). The predicted molar refractivity (Wildman–Crippen MR) is 70.7 cm³/mol. The van der Waals surface area contributed by atoms with Gasteiger partial charge in [-0.25, -0.2) is 0 Å². The lowest BCUT2D eigenvalue weighted by Gasteiger charge is -2.10. The molecule has 0 aliphatic carbocycles. The van der Waals surface area contributed by atoms with Gasteiger partial charge in [-0.15, -0.1) is 0 Å². The molecule has 1 unspecified atom stereocenters. The summed E-state index contributed by atoms with van der Waals surface area (Å²) in [4.78, 5) is 11.8. The number of aliphatic hydroxyl groups is 1. The highest BCUT2D eigenvalue weighted by molar-refractivity contribution is 5.95. The van der Waals surface area contributed by atoms with E-state index in [1.165, 1.54) is 7.11 Å². The standard InChI is InChI=1S/C13H20N2O3/c1-3-10(16)6-7-15-13(17)9-4-5-11(14)12(8-9)18-2/h4-5,8,10,16H,3,6-7,14H2,1-2H3,(H,15,17). The molecule has 5 heteroatoms. The quantitative estimate of drug-likeness (QED) is 0.663. The van der Waals surface area contributed by atoms with Gasteiger partial charge in [0.25, 0.3) is 5.91 Å². The summed E-state index contributed by atoms with van der Waals surface area (Å²) >= 11 is 0. The highest BCUT2D eigenvalue weighted by atomic mass is 16.5. The van der Waals surface area contributed by atoms with Crippen LogP contribution in [0.3, 0.4) is 0 Å². The van der Waals surface area contributed by atoms with E-state index in [9.17, 15) is 9.90 Å². The maximum atomic E-state index is 11.8. The molecular weight excluding hydrogens is 232 g/mol. The Kier molecular flexibility index (Phi) is 5.45. The fraction of sp³-hybridized carbons (Fsp3) is 0.462. The van der Waals surface area contributed by atoms with Crippen LogP contribution in [-0.2, 0) is 0 Å². The van der Waals surface area contributed by atoms with Crippen molar-refractivity contribution in [2.45, 2.75) is 25.9 Å². The van der Waals surface area contributed by atoms with Crippen molar-refractivity contribution in [3.63, 3.8) is 0 Å². The van der Waals surface area contributed by atoms with Crippen molar-refractivity contribution in [1.29, 1.82) is 0 Å². The van der Waals surface area contributed by atoms with Gasteiger partial charge < -0.3 is 20.9 Å². The third-order valence-electron chi connectivity index (χ3n) is 2.73. The molecule has 0 saturated heterocycles. The Morgan fingerprint density at radius 3 is 2.89 bits per heavy atom. The molecular formula is C13H20N2O3. The molecule has 0 spiro atoms. The number of nitrogen functional groups attached to an aromatic ring is 1. The summed E-state index contributed by atoms with van der Waals surface area (Å²) in [6.45, 7) is 2.35. The first-order valence-electron chi connectivity index (χ1n) is 5.98. The molecule has 1 aromatic carbocycles. The Morgan fingerprint density at radius 2 is 2.28 bits per heavy atom. The molecule has 18 heavy (non-hydrogen) atoms. The number of nitrogens with two attached hydrogens (primary N) is 1. The first-order valence-corrected chi connectivity index (χ1v) is 5.98. The lowest BCUT2D eigenvalue weighted by atomic mass is 10.1. The molecule has 100 valence electrons. The van der Waals surface area contributed by atoms with Crippen LogP contribution in [0.2, 0.25) is 0 Å². The molecule has 0 aliphatic heterocycles. The number of amides is 1. The molecule has 0 aromatic heterocycles. The minimum absolute atomic E-state index is 0.198. The Bertz CT molecular complexity index is 407. The van der Waals surface area contributed by atoms with E-state index >= 15 is 0 Å². The predicted octanol–water partition coefficient (Wildman–Crippen LogP) is 1.17. The number of rotatable bonds is 6. The van der Waals surface area contributed by atoms with Crippen LogP contribution in [0.5, 0.6) is 5.75 Å². The molecule has 0 saturated carbocycles. The van der Waals surface area contributed by atoms with E-state index in [4.69, 9.17) is 10.5 Å². The number of aliphatic hydroxyl groups excluding tert-OH is 1. The number of hydrogen-bond acceptors (Lipinski definition) is 4. The Hall–Kier alpha value is -1.75. The molecule has 1 aromatic rings. The van der Waals surface area contributed by atoms with Crippen LogP contribution in [-0.4, -0.2) is 30.8 Å². The third kappa shape index (κ3) is 3.92. The normalized spacial score (nSPS) is 11.9. The van der Waals surface area contributed by atoms with Crippen LogP contribution in [0.1, 0.15) is 30.1 Å². The Morgan fingerprint density at radius 1 is 1.56 bits per heavy atom. The smallest absolute Gasteiger partial charge is 0.251 e. The number of methoxy groups -OCH3 is 1. The number of ether oxygens (including phenoxy) is 1. The number of carbonyl (C=O) groups excluding carboxylic acids is 1. The summed E-state index contributed by atoms with van der Waals surface area (Å²) in [6, 6.07) is 4.87. The van der Waals surface area contributed by atoms with Crippen molar-refractivity contribution >= 4 is 11.6 Å². The second-order valence-corrected chi connectivity index (χ2v) is 4.06. The van der Waals surface area contributed by atoms with E-state index < -0.39 is 0 Å². The molecule has 5 nitrogen and oxygen atoms in total. The van der Waals surface area contributed by atoms with E-state index in [0.29, 0.717) is 36.4 Å². The molecule has 4 N–H and O–H groups in total. The number of nitrogens with one attached hydrogen (secondary N) is 1. The summed E-state index contributed by atoms with van der Waals surface area (Å²) < 4.78 is 5.05. The maximum Gasteiger partial charge on any atom is 0.251 e. The van der Waals surface area contributed by atoms with E-state index in [-0.39, 0.29) is 12.0 Å². The average Bonchev–Trinajstić information content (AvgIpc) is 2.38. The molecule has 0 fully saturated rings. The molecule has 1 amide bonds. The summed E-state index contributed by atoms with van der Waals surface area (Å²) in [5.74, 6) is 0.285. The van der Waals surface area contributed by atoms with Gasteiger partial charge in [0.1, 0.15) is 5.75 Å². The number of anilines is 1. The van der Waals surface area contributed by atoms with Gasteiger partial charge in [-0.05, 0) is 31.0 Å². The zero-order chi connectivity index (χ0) is 13.5. The second kappa shape index (κ2) is 6.86. The van der Waals surface area contributed by atoms with Gasteiger partial charge in [-0.2, -0.15) is 0 Å². The van der Waals surface area contributed by atoms with Crippen LogP contribution < -0.4 is 15.8 Å². The number of benzene rings is 1. The van der Waals surface area contributed by atoms with E-state index in [1.807, 2.05) is 6.92 Å². The third-order valence-corrected chi connectivity index (χ3v) is 2.73. The SMILES string of the molecule is CCC(O)CCNC(=O)c1ccc(N)c(OC)c1. The van der Waals surface area contributed by atoms with Crippen molar-refractivity contribution in [3.05, 3.63) is 23.8 Å². The van der Waals surface area contributed by atoms with Crippen LogP contribution in [0, 0.1) is 0 Å². The Labute approximate surface area is 107 Å². The van der Waals surface area contributed by atoms with Crippen molar-refractivity contribution in [1.82, 2.24) is 5.32 Å². The van der Waals surface area contributed by atoms with Gasteiger partial charge in [0.2, 0.25) is 0 Å². The van der Waals surface area contributed by atoms with Gasteiger partial charge in [0.05, 0.1) is 18.9 Å². The van der Waals surface area contributed by atoms with Crippen LogP contribution in [0.4, 0.5) is 5.69 Å². The van der Waals surface area contributed by atoms with Crippen molar-refractivity contribution < 1.29 is 14.6 Å². The van der Waals surface area contributed by atoms with Gasteiger partial charge in [-0.3, -0.25) is 4.79 Å². The van der Waals surface area contributed by atoms with Gasteiger partial charge in [0, 0.05) is 12.1 Å². The van der Waals surface area contributed by atoms with Crippen molar-refractivity contribution in [2.24, 2.45) is 0 Å². The average molecular weight is 252 g/mol. The first-order chi connectivity index (χ1) is 8.58. The lowest BCUT2D eigenvalue weighted by Crippen LogP contribution is -2.27. The number of carbonyl (C=O) groups is 1. The summed E-state index contributed by atoms with van der Waals surface area (Å²) in [6.07, 6.45) is 0.867. The second-order valence-electron chi connectivity index (χ2n) is 4.06. The first kappa shape index (κ1) is 14.3. The minimum Gasteiger partial charge on any atom is -0.495 e. The van der Waals surface area contributed by atoms with Crippen LogP contribution in [0.15, 0.2) is 18.2 Å². The van der Waals surface area contributed by atoms with Gasteiger partial charge >= 0.3 is 0 Å². The fourth-order valence-electron chi connectivity index (χ4n) is 1.51. The molecule has 0 aliphatic rings. The molecule has 1 atom stereocenters. The van der Waals surface area contributed by atoms with Gasteiger partial charge in [-0.1, -0.05) is 6.92 Å². The Balaban J connectivity index is 2.56. The molecule has 0 radical (unpaired) electrons. The summed E-state index contributed by atoms with van der Waals surface area (Å²) in [5.41, 5.74) is 6.66. The topological polar surface area (TPSA) is 84.6 Å². The monoisotopic (exact) mass is 252 g/mol. The van der Waals surface area contributed by atoms with Crippen molar-refractivity contribution in [3.8, 4) is 5.75 Å². The van der Waals surface area contributed by atoms with Gasteiger partial charge in [0.15, 0.2) is 0 Å². The largest absolute Gasteiger partial charge is 0.495 e. The fourth-order valence-corrected chi connectivity index (χ4v) is 1.51. The maximum absolute atomic E-state index is 11.8. The molecule has 0 heterocycles. The van der Waals surface area contributed by atoms with Crippen LogP contribution in [0.25, 0.3) is 0 Å². The lowest BCUT2D eigenvalue weighted by molar-refractivity contribution is 0.0941. The van der Waals surface area contributed by atoms with E-state index in [2.05, 4.69) is 5.32 Å². The number of hydrogen-bond donors (Lipinski definition) is 3. The highest BCUT2D eigenvalue weighted by Crippen LogP contribution is 2.21. The highest BCUT2D eigenvalue weighted by Gasteiger charge is 2.09. The zero-order valence-electron chi connectivity index (χ0n) is 10.8. The van der Waals surface area contributed by atoms with E-state index in [0.717, 1.165) is 0 Å². The van der Waals surface area contributed by atoms with Crippen LogP contribution >= 0.6 is 0 Å². The molecule has 0 bridgehead atoms. The zero-order valence-corrected chi connectivity index (χ0v) is 10.8. The minimum atomic E-state index is -0.369. The van der Waals surface area contributed by atoms with E-state index in [1.54, 1.807) is 18.2 Å². The summed E-state index contributed by atoms with van der Waals surface area (Å²) in [7, 11) is 1.50.